The average molecular weight is 279 g/mol. The first-order valence-corrected chi connectivity index (χ1v) is 6.15. The molecule has 1 fully saturated rings. The molecule has 1 aliphatic carbocycles. The van der Waals surface area contributed by atoms with Crippen molar-refractivity contribution in [2.24, 2.45) is 5.92 Å². The van der Waals surface area contributed by atoms with E-state index in [0.717, 1.165) is 25.0 Å². The molecule has 0 aliphatic heterocycles. The van der Waals surface area contributed by atoms with Crippen LogP contribution < -0.4 is 5.32 Å². The second kappa shape index (κ2) is 4.95. The summed E-state index contributed by atoms with van der Waals surface area (Å²) in [5.74, 6) is -1.52. The third kappa shape index (κ3) is 2.49. The Morgan fingerprint density at radius 1 is 1.35 bits per heavy atom. The number of tetrazole rings is 1. The maximum atomic E-state index is 13.2. The van der Waals surface area contributed by atoms with Gasteiger partial charge in [0.15, 0.2) is 17.5 Å². The van der Waals surface area contributed by atoms with E-state index in [1.807, 2.05) is 0 Å². The van der Waals surface area contributed by atoms with Gasteiger partial charge in [0.25, 0.3) is 0 Å². The third-order valence-electron chi connectivity index (χ3n) is 3.05. The quantitative estimate of drug-likeness (QED) is 0.905. The summed E-state index contributed by atoms with van der Waals surface area (Å²) in [5.41, 5.74) is 0.296. The maximum Gasteiger partial charge on any atom is 0.223 e. The highest BCUT2D eigenvalue weighted by Gasteiger charge is 2.29. The molecule has 8 heteroatoms. The Hall–Kier alpha value is -2.38. The van der Waals surface area contributed by atoms with Crippen molar-refractivity contribution in [2.75, 3.05) is 0 Å². The van der Waals surface area contributed by atoms with E-state index in [9.17, 15) is 13.6 Å². The number of benzene rings is 1. The summed E-state index contributed by atoms with van der Waals surface area (Å²) >= 11 is 0. The van der Waals surface area contributed by atoms with Gasteiger partial charge in [0, 0.05) is 12.0 Å². The monoisotopic (exact) mass is 279 g/mol. The zero-order chi connectivity index (χ0) is 14.1. The first kappa shape index (κ1) is 12.6. The van der Waals surface area contributed by atoms with Crippen LogP contribution in [0.15, 0.2) is 18.2 Å². The number of hydrogen-bond donors (Lipinski definition) is 1. The van der Waals surface area contributed by atoms with Gasteiger partial charge in [0.1, 0.15) is 0 Å². The minimum atomic E-state index is -0.981. The predicted octanol–water partition coefficient (Wildman–Crippen LogP) is 0.967. The van der Waals surface area contributed by atoms with Crippen molar-refractivity contribution < 1.29 is 13.6 Å². The molecule has 1 N–H and O–H groups in total. The average Bonchev–Trinajstić information content (AvgIpc) is 3.18. The van der Waals surface area contributed by atoms with Crippen LogP contribution in [0.25, 0.3) is 5.69 Å². The van der Waals surface area contributed by atoms with E-state index >= 15 is 0 Å². The van der Waals surface area contributed by atoms with Crippen LogP contribution in [0.1, 0.15) is 18.7 Å². The Balaban J connectivity index is 1.78. The van der Waals surface area contributed by atoms with Gasteiger partial charge in [0.2, 0.25) is 5.91 Å². The normalized spacial score (nSPS) is 14.3. The molecule has 3 rings (SSSR count). The number of hydrogen-bond acceptors (Lipinski definition) is 4. The van der Waals surface area contributed by atoms with Crippen LogP contribution in [0, 0.1) is 17.6 Å². The molecule has 6 nitrogen and oxygen atoms in total. The first-order chi connectivity index (χ1) is 9.65. The summed E-state index contributed by atoms with van der Waals surface area (Å²) in [4.78, 5) is 11.5. The van der Waals surface area contributed by atoms with Crippen LogP contribution >= 0.6 is 0 Å². The van der Waals surface area contributed by atoms with Crippen LogP contribution in [0.3, 0.4) is 0 Å². The van der Waals surface area contributed by atoms with E-state index in [1.165, 1.54) is 10.7 Å². The molecule has 1 aromatic heterocycles. The van der Waals surface area contributed by atoms with Crippen LogP contribution in [0.2, 0.25) is 0 Å². The van der Waals surface area contributed by atoms with Gasteiger partial charge in [-0.25, -0.2) is 8.78 Å². The Kier molecular flexibility index (Phi) is 3.13. The predicted molar refractivity (Wildman–Crippen MR) is 63.6 cm³/mol. The van der Waals surface area contributed by atoms with Gasteiger partial charge in [-0.15, -0.1) is 5.10 Å². The van der Waals surface area contributed by atoms with Gasteiger partial charge < -0.3 is 5.32 Å². The molecule has 0 radical (unpaired) electrons. The number of aromatic nitrogens is 4. The Bertz CT molecular complexity index is 653. The third-order valence-corrected chi connectivity index (χ3v) is 3.05. The molecule has 1 saturated carbocycles. The molecule has 0 unspecified atom stereocenters. The highest BCUT2D eigenvalue weighted by molar-refractivity contribution is 5.80. The van der Waals surface area contributed by atoms with Crippen LogP contribution in [-0.4, -0.2) is 26.1 Å². The van der Waals surface area contributed by atoms with Crippen molar-refractivity contribution in [3.05, 3.63) is 35.7 Å². The summed E-state index contributed by atoms with van der Waals surface area (Å²) in [5, 5.41) is 13.7. The molecule has 0 spiro atoms. The maximum absolute atomic E-state index is 13.2. The van der Waals surface area contributed by atoms with E-state index in [1.54, 1.807) is 0 Å². The molecule has 2 aromatic rings. The minimum Gasteiger partial charge on any atom is -0.348 e. The molecule has 0 bridgehead atoms. The molecule has 0 saturated heterocycles. The van der Waals surface area contributed by atoms with E-state index in [4.69, 9.17) is 0 Å². The fourth-order valence-electron chi connectivity index (χ4n) is 1.79. The summed E-state index contributed by atoms with van der Waals surface area (Å²) < 4.78 is 27.4. The van der Waals surface area contributed by atoms with Crippen molar-refractivity contribution in [2.45, 2.75) is 19.4 Å². The van der Waals surface area contributed by atoms with Crippen LogP contribution in [0.4, 0.5) is 8.78 Å². The van der Waals surface area contributed by atoms with Crippen molar-refractivity contribution in [3.8, 4) is 5.69 Å². The van der Waals surface area contributed by atoms with Gasteiger partial charge in [-0.2, -0.15) is 4.68 Å². The summed E-state index contributed by atoms with van der Waals surface area (Å²) in [6.45, 7) is 0.140. The number of rotatable bonds is 4. The Morgan fingerprint density at radius 2 is 2.15 bits per heavy atom. The highest BCUT2D eigenvalue weighted by atomic mass is 19.2. The van der Waals surface area contributed by atoms with Crippen molar-refractivity contribution in [3.63, 3.8) is 0 Å². The zero-order valence-electron chi connectivity index (χ0n) is 10.4. The SMILES string of the molecule is O=C(NCc1nnnn1-c1ccc(F)c(F)c1)C1CC1. The Labute approximate surface area is 112 Å². The van der Waals surface area contributed by atoms with E-state index in [2.05, 4.69) is 20.8 Å². The molecule has 0 atom stereocenters. The topological polar surface area (TPSA) is 72.7 Å². The number of carbonyl (C=O) groups excluding carboxylic acids is 1. The number of nitrogens with one attached hydrogen (secondary N) is 1. The molecule has 1 amide bonds. The molecule has 104 valence electrons. The molecule has 20 heavy (non-hydrogen) atoms. The highest BCUT2D eigenvalue weighted by Crippen LogP contribution is 2.28. The van der Waals surface area contributed by atoms with Crippen LogP contribution in [0.5, 0.6) is 0 Å². The molecule has 1 aliphatic rings. The summed E-state index contributed by atoms with van der Waals surface area (Å²) in [6, 6.07) is 3.36. The second-order valence-electron chi connectivity index (χ2n) is 4.60. The van der Waals surface area contributed by atoms with Crippen LogP contribution in [-0.2, 0) is 11.3 Å². The number of carbonyl (C=O) groups is 1. The number of halogens is 2. The summed E-state index contributed by atoms with van der Waals surface area (Å²) in [7, 11) is 0. The summed E-state index contributed by atoms with van der Waals surface area (Å²) in [6.07, 6.45) is 1.81. The number of nitrogens with zero attached hydrogens (tertiary/aromatic N) is 4. The zero-order valence-corrected chi connectivity index (χ0v) is 10.4. The smallest absolute Gasteiger partial charge is 0.223 e. The molecular weight excluding hydrogens is 268 g/mol. The van der Waals surface area contributed by atoms with Gasteiger partial charge in [-0.05, 0) is 35.4 Å². The van der Waals surface area contributed by atoms with Gasteiger partial charge in [-0.1, -0.05) is 0 Å². The lowest BCUT2D eigenvalue weighted by Crippen LogP contribution is -2.26. The largest absolute Gasteiger partial charge is 0.348 e. The van der Waals surface area contributed by atoms with E-state index < -0.39 is 11.6 Å². The van der Waals surface area contributed by atoms with E-state index in [0.29, 0.717) is 11.5 Å². The molecule has 1 aromatic carbocycles. The second-order valence-corrected chi connectivity index (χ2v) is 4.60. The van der Waals surface area contributed by atoms with E-state index in [-0.39, 0.29) is 18.4 Å². The van der Waals surface area contributed by atoms with Crippen molar-refractivity contribution >= 4 is 5.91 Å². The van der Waals surface area contributed by atoms with Crippen molar-refractivity contribution in [1.29, 1.82) is 0 Å². The minimum absolute atomic E-state index is 0.0372. The first-order valence-electron chi connectivity index (χ1n) is 6.15. The standard InChI is InChI=1S/C12H11F2N5O/c13-9-4-3-8(5-10(9)14)19-11(16-17-18-19)6-15-12(20)7-1-2-7/h3-5,7H,1-2,6H2,(H,15,20). The lowest BCUT2D eigenvalue weighted by atomic mass is 10.3. The Morgan fingerprint density at radius 3 is 2.85 bits per heavy atom. The van der Waals surface area contributed by atoms with Gasteiger partial charge in [0.05, 0.1) is 12.2 Å². The fourth-order valence-corrected chi connectivity index (χ4v) is 1.79. The van der Waals surface area contributed by atoms with Gasteiger partial charge >= 0.3 is 0 Å². The van der Waals surface area contributed by atoms with Crippen molar-refractivity contribution in [1.82, 2.24) is 25.5 Å². The van der Waals surface area contributed by atoms with Gasteiger partial charge in [-0.3, -0.25) is 4.79 Å². The fraction of sp³-hybridized carbons (Fsp3) is 0.333. The lowest BCUT2D eigenvalue weighted by Gasteiger charge is -2.06. The molecular formula is C12H11F2N5O. The molecule has 1 heterocycles. The lowest BCUT2D eigenvalue weighted by molar-refractivity contribution is -0.122. The number of amides is 1.